The highest BCUT2D eigenvalue weighted by Gasteiger charge is 2.16. The molecule has 1 aliphatic heterocycles. The van der Waals surface area contributed by atoms with E-state index >= 15 is 0 Å². The molecule has 1 heterocycles. The molecule has 0 unspecified atom stereocenters. The zero-order valence-corrected chi connectivity index (χ0v) is 16.2. The average Bonchev–Trinajstić information content (AvgIpc) is 2.65. The van der Waals surface area contributed by atoms with Crippen LogP contribution in [0, 0.1) is 0 Å². The summed E-state index contributed by atoms with van der Waals surface area (Å²) in [6, 6.07) is 7.63. The van der Waals surface area contributed by atoms with E-state index in [4.69, 9.17) is 5.73 Å². The maximum Gasteiger partial charge on any atom is 0.407 e. The molecule has 28 heavy (non-hydrogen) atoms. The first-order valence-electron chi connectivity index (χ1n) is 9.69. The largest absolute Gasteiger partial charge is 0.465 e. The van der Waals surface area contributed by atoms with Gasteiger partial charge in [0.15, 0.2) is 0 Å². The van der Waals surface area contributed by atoms with Crippen LogP contribution in [-0.2, 0) is 6.54 Å². The van der Waals surface area contributed by atoms with Crippen molar-refractivity contribution in [2.75, 3.05) is 58.1 Å². The van der Waals surface area contributed by atoms with Crippen LogP contribution in [0.2, 0.25) is 0 Å². The lowest BCUT2D eigenvalue weighted by atomic mass is 10.2. The maximum atomic E-state index is 11.5. The van der Waals surface area contributed by atoms with Crippen LogP contribution < -0.4 is 11.1 Å². The van der Waals surface area contributed by atoms with Crippen molar-refractivity contribution in [3.05, 3.63) is 29.8 Å². The topological polar surface area (TPSA) is 122 Å². The molecule has 9 heteroatoms. The number of carboxylic acid groups (broad SMARTS) is 2. The van der Waals surface area contributed by atoms with Crippen molar-refractivity contribution >= 4 is 17.9 Å². The molecule has 2 amide bonds. The number of benzene rings is 1. The van der Waals surface area contributed by atoms with E-state index in [-0.39, 0.29) is 0 Å². The third-order valence-corrected chi connectivity index (χ3v) is 4.86. The van der Waals surface area contributed by atoms with E-state index in [2.05, 4.69) is 10.2 Å². The molecular formula is C19H31N5O4. The summed E-state index contributed by atoms with van der Waals surface area (Å²) in [6.45, 7) is 4.94. The monoisotopic (exact) mass is 393 g/mol. The number of hydrogen-bond acceptors (Lipinski definition) is 5. The molecule has 9 nitrogen and oxygen atoms in total. The van der Waals surface area contributed by atoms with E-state index in [1.54, 1.807) is 0 Å². The van der Waals surface area contributed by atoms with E-state index in [1.165, 1.54) is 9.80 Å². The summed E-state index contributed by atoms with van der Waals surface area (Å²) in [5.41, 5.74) is 7.54. The Bertz CT molecular complexity index is 625. The van der Waals surface area contributed by atoms with Gasteiger partial charge in [-0.2, -0.15) is 0 Å². The van der Waals surface area contributed by atoms with Crippen LogP contribution in [0.25, 0.3) is 0 Å². The van der Waals surface area contributed by atoms with Gasteiger partial charge in [0.05, 0.1) is 0 Å². The van der Waals surface area contributed by atoms with Gasteiger partial charge in [0.25, 0.3) is 0 Å². The minimum Gasteiger partial charge on any atom is -0.465 e. The van der Waals surface area contributed by atoms with E-state index in [0.29, 0.717) is 77.4 Å². The van der Waals surface area contributed by atoms with Gasteiger partial charge < -0.3 is 31.1 Å². The average molecular weight is 393 g/mol. The van der Waals surface area contributed by atoms with E-state index in [9.17, 15) is 19.8 Å². The quantitative estimate of drug-likeness (QED) is 0.560. The number of nitrogens with zero attached hydrogens (tertiary/aromatic N) is 3. The second-order valence-corrected chi connectivity index (χ2v) is 7.01. The Kier molecular flexibility index (Phi) is 8.83. The van der Waals surface area contributed by atoms with Gasteiger partial charge in [-0.25, -0.2) is 9.59 Å². The first-order valence-corrected chi connectivity index (χ1v) is 9.69. The lowest BCUT2D eigenvalue weighted by Crippen LogP contribution is -2.42. The molecular weight excluding hydrogens is 362 g/mol. The summed E-state index contributed by atoms with van der Waals surface area (Å²) in [5, 5.41) is 22.0. The van der Waals surface area contributed by atoms with Crippen molar-refractivity contribution in [2.24, 2.45) is 0 Å². The predicted octanol–water partition coefficient (Wildman–Crippen LogP) is 1.41. The highest BCUT2D eigenvalue weighted by Crippen LogP contribution is 2.10. The number of anilines is 1. The van der Waals surface area contributed by atoms with Crippen LogP contribution in [0.3, 0.4) is 0 Å². The normalized spacial score (nSPS) is 18.4. The number of nitrogen functional groups attached to an aromatic ring is 1. The van der Waals surface area contributed by atoms with Gasteiger partial charge in [-0.05, 0) is 37.1 Å². The van der Waals surface area contributed by atoms with Crippen LogP contribution in [0.5, 0.6) is 0 Å². The smallest absolute Gasteiger partial charge is 0.407 e. The SMILES string of the molecule is Nc1ccc(CN2CCCN(C(=O)O)CCNCCCN(C(=O)O)CC2)cc1. The zero-order chi connectivity index (χ0) is 20.4. The Morgan fingerprint density at radius 2 is 1.50 bits per heavy atom. The molecule has 0 atom stereocenters. The number of nitrogens with two attached hydrogens (primary N) is 1. The maximum absolute atomic E-state index is 11.5. The highest BCUT2D eigenvalue weighted by molar-refractivity contribution is 5.65. The molecule has 0 bridgehead atoms. The van der Waals surface area contributed by atoms with E-state index in [1.807, 2.05) is 24.3 Å². The lowest BCUT2D eigenvalue weighted by Gasteiger charge is -2.28. The summed E-state index contributed by atoms with van der Waals surface area (Å²) in [6.07, 6.45) is -0.432. The number of amides is 2. The van der Waals surface area contributed by atoms with Crippen molar-refractivity contribution < 1.29 is 19.8 Å². The van der Waals surface area contributed by atoms with Crippen molar-refractivity contribution in [2.45, 2.75) is 19.4 Å². The van der Waals surface area contributed by atoms with Gasteiger partial charge in [-0.1, -0.05) is 12.1 Å². The third kappa shape index (κ3) is 7.61. The minimum atomic E-state index is -0.906. The minimum absolute atomic E-state index is 0.424. The molecule has 156 valence electrons. The molecule has 0 saturated carbocycles. The molecule has 0 aliphatic carbocycles. The molecule has 1 fully saturated rings. The summed E-state index contributed by atoms with van der Waals surface area (Å²) >= 11 is 0. The number of hydrogen-bond donors (Lipinski definition) is 4. The molecule has 1 aliphatic rings. The van der Waals surface area contributed by atoms with Crippen molar-refractivity contribution in [3.63, 3.8) is 0 Å². The van der Waals surface area contributed by atoms with Crippen LogP contribution >= 0.6 is 0 Å². The molecule has 0 aromatic heterocycles. The van der Waals surface area contributed by atoms with Crippen molar-refractivity contribution in [1.29, 1.82) is 0 Å². The lowest BCUT2D eigenvalue weighted by molar-refractivity contribution is 0.127. The second-order valence-electron chi connectivity index (χ2n) is 7.01. The summed E-state index contributed by atoms with van der Waals surface area (Å²) in [5.74, 6) is 0. The summed E-state index contributed by atoms with van der Waals surface area (Å²) in [7, 11) is 0. The van der Waals surface area contributed by atoms with Gasteiger partial charge in [-0.15, -0.1) is 0 Å². The van der Waals surface area contributed by atoms with Crippen LogP contribution in [0.4, 0.5) is 15.3 Å². The van der Waals surface area contributed by atoms with Crippen molar-refractivity contribution in [3.8, 4) is 0 Å². The third-order valence-electron chi connectivity index (χ3n) is 4.86. The standard InChI is InChI=1S/C19H31N5O4/c20-17-5-3-16(4-6-17)15-22-9-2-11-23(18(25)26)12-8-21-7-1-10-24(14-13-22)19(27)28/h3-6,21H,1-2,7-15,20H2,(H,25,26)(H,27,28). The number of nitrogens with one attached hydrogen (secondary N) is 1. The molecule has 1 aromatic carbocycles. The Morgan fingerprint density at radius 3 is 2.18 bits per heavy atom. The molecule has 0 spiro atoms. The van der Waals surface area contributed by atoms with Gasteiger partial charge in [0, 0.05) is 58.0 Å². The van der Waals surface area contributed by atoms with Crippen LogP contribution in [0.15, 0.2) is 24.3 Å². The number of rotatable bonds is 2. The Labute approximate surface area is 165 Å². The zero-order valence-electron chi connectivity index (χ0n) is 16.2. The fourth-order valence-corrected chi connectivity index (χ4v) is 3.24. The first kappa shape index (κ1) is 21.8. The molecule has 0 radical (unpaired) electrons. The fourth-order valence-electron chi connectivity index (χ4n) is 3.24. The first-order chi connectivity index (χ1) is 13.5. The number of carbonyl (C=O) groups is 2. The van der Waals surface area contributed by atoms with E-state index < -0.39 is 12.2 Å². The second kappa shape index (κ2) is 11.4. The van der Waals surface area contributed by atoms with Crippen molar-refractivity contribution in [1.82, 2.24) is 20.0 Å². The summed E-state index contributed by atoms with van der Waals surface area (Å²) in [4.78, 5) is 28.0. The van der Waals surface area contributed by atoms with Crippen LogP contribution in [0.1, 0.15) is 18.4 Å². The van der Waals surface area contributed by atoms with Gasteiger partial charge >= 0.3 is 12.2 Å². The van der Waals surface area contributed by atoms with Gasteiger partial charge in [0.1, 0.15) is 0 Å². The Morgan fingerprint density at radius 1 is 0.857 bits per heavy atom. The molecule has 5 N–H and O–H groups in total. The fraction of sp³-hybridized carbons (Fsp3) is 0.579. The highest BCUT2D eigenvalue weighted by atomic mass is 16.4. The molecule has 1 saturated heterocycles. The molecule has 2 rings (SSSR count). The molecule has 1 aromatic rings. The Balaban J connectivity index is 2.04. The van der Waals surface area contributed by atoms with Gasteiger partial charge in [0.2, 0.25) is 0 Å². The van der Waals surface area contributed by atoms with E-state index in [0.717, 1.165) is 5.56 Å². The predicted molar refractivity (Wildman–Crippen MR) is 107 cm³/mol. The van der Waals surface area contributed by atoms with Crippen LogP contribution in [-0.4, -0.2) is 89.5 Å². The Hall–Kier alpha value is -2.52. The van der Waals surface area contributed by atoms with Gasteiger partial charge in [-0.3, -0.25) is 4.90 Å². The summed E-state index contributed by atoms with van der Waals surface area (Å²) < 4.78 is 0.